The van der Waals surface area contributed by atoms with E-state index in [0.717, 1.165) is 11.3 Å². The van der Waals surface area contributed by atoms with Gasteiger partial charge in [0, 0.05) is 17.7 Å². The van der Waals surface area contributed by atoms with E-state index >= 15 is 0 Å². The van der Waals surface area contributed by atoms with E-state index in [0.29, 0.717) is 29.1 Å². The molecule has 3 aromatic rings. The number of fused-ring (bicyclic) bond motifs is 1. The van der Waals surface area contributed by atoms with Crippen molar-refractivity contribution in [1.82, 2.24) is 0 Å². The maximum Gasteiger partial charge on any atom is 0.265 e. The van der Waals surface area contributed by atoms with Crippen LogP contribution in [0.25, 0.3) is 0 Å². The summed E-state index contributed by atoms with van der Waals surface area (Å²) >= 11 is 0. The van der Waals surface area contributed by atoms with Gasteiger partial charge in [0.15, 0.2) is 6.10 Å². The van der Waals surface area contributed by atoms with Crippen molar-refractivity contribution < 1.29 is 19.1 Å². The lowest BCUT2D eigenvalue weighted by Crippen LogP contribution is -2.31. The van der Waals surface area contributed by atoms with E-state index < -0.39 is 6.10 Å². The van der Waals surface area contributed by atoms with Crippen LogP contribution >= 0.6 is 0 Å². The molecule has 29 heavy (non-hydrogen) atoms. The molecule has 0 spiro atoms. The van der Waals surface area contributed by atoms with Crippen molar-refractivity contribution in [1.29, 1.82) is 0 Å². The van der Waals surface area contributed by atoms with Crippen LogP contribution in [0.4, 0.5) is 11.4 Å². The number of ether oxygens (including phenoxy) is 2. The number of amides is 2. The first-order valence-corrected chi connectivity index (χ1v) is 9.24. The Bertz CT molecular complexity index is 1020. The third-order valence-corrected chi connectivity index (χ3v) is 4.71. The summed E-state index contributed by atoms with van der Waals surface area (Å²) in [6, 6.07) is 21.5. The molecule has 1 heterocycles. The molecule has 0 saturated carbocycles. The highest BCUT2D eigenvalue weighted by Gasteiger charge is 2.28. The first-order chi connectivity index (χ1) is 14.1. The fraction of sp³-hybridized carbons (Fsp3) is 0.130. The number of carbonyl (C=O) groups is 2. The highest BCUT2D eigenvalue weighted by atomic mass is 16.5. The maximum absolute atomic E-state index is 12.5. The van der Waals surface area contributed by atoms with Gasteiger partial charge in [-0.2, -0.15) is 0 Å². The van der Waals surface area contributed by atoms with Crippen molar-refractivity contribution in [2.75, 3.05) is 17.7 Å². The van der Waals surface area contributed by atoms with Gasteiger partial charge in [-0.1, -0.05) is 30.3 Å². The molecule has 146 valence electrons. The lowest BCUT2D eigenvalue weighted by Gasteiger charge is -2.12. The van der Waals surface area contributed by atoms with Crippen LogP contribution in [-0.4, -0.2) is 25.0 Å². The minimum atomic E-state index is -0.555. The molecule has 1 atom stereocenters. The second-order valence-electron chi connectivity index (χ2n) is 6.64. The maximum atomic E-state index is 12.5. The molecular formula is C23H20N2O4. The molecule has 6 nitrogen and oxygen atoms in total. The first-order valence-electron chi connectivity index (χ1n) is 9.24. The van der Waals surface area contributed by atoms with Gasteiger partial charge in [0.1, 0.15) is 11.5 Å². The van der Waals surface area contributed by atoms with Gasteiger partial charge in [-0.15, -0.1) is 0 Å². The van der Waals surface area contributed by atoms with Crippen molar-refractivity contribution in [3.8, 4) is 11.5 Å². The highest BCUT2D eigenvalue weighted by molar-refractivity contribution is 6.05. The molecule has 3 aromatic carbocycles. The molecule has 0 saturated heterocycles. The Hall–Kier alpha value is -3.80. The average Bonchev–Trinajstić information content (AvgIpc) is 3.19. The Morgan fingerprint density at radius 3 is 2.41 bits per heavy atom. The van der Waals surface area contributed by atoms with Crippen molar-refractivity contribution in [2.24, 2.45) is 0 Å². The van der Waals surface area contributed by atoms with E-state index in [4.69, 9.17) is 9.47 Å². The van der Waals surface area contributed by atoms with Gasteiger partial charge in [-0.3, -0.25) is 9.59 Å². The topological polar surface area (TPSA) is 76.7 Å². The van der Waals surface area contributed by atoms with E-state index in [2.05, 4.69) is 10.6 Å². The van der Waals surface area contributed by atoms with Gasteiger partial charge < -0.3 is 20.1 Å². The van der Waals surface area contributed by atoms with E-state index in [9.17, 15) is 9.59 Å². The van der Waals surface area contributed by atoms with E-state index in [-0.39, 0.29) is 11.8 Å². The summed E-state index contributed by atoms with van der Waals surface area (Å²) in [4.78, 5) is 25.0. The molecule has 0 aliphatic carbocycles. The van der Waals surface area contributed by atoms with Crippen molar-refractivity contribution in [3.63, 3.8) is 0 Å². The van der Waals surface area contributed by atoms with Gasteiger partial charge in [0.25, 0.3) is 11.8 Å². The zero-order valence-corrected chi connectivity index (χ0v) is 15.8. The molecule has 0 bridgehead atoms. The quantitative estimate of drug-likeness (QED) is 0.695. The van der Waals surface area contributed by atoms with Crippen molar-refractivity contribution >= 4 is 23.2 Å². The van der Waals surface area contributed by atoms with Crippen LogP contribution in [0.3, 0.4) is 0 Å². The molecule has 2 amide bonds. The zero-order chi connectivity index (χ0) is 20.2. The Labute approximate surface area is 168 Å². The van der Waals surface area contributed by atoms with Crippen LogP contribution in [0, 0.1) is 0 Å². The van der Waals surface area contributed by atoms with Crippen LogP contribution in [0.2, 0.25) is 0 Å². The Morgan fingerprint density at radius 1 is 0.931 bits per heavy atom. The monoisotopic (exact) mass is 388 g/mol. The standard InChI is InChI=1S/C23H20N2O4/c1-28-20-9-5-3-7-18(20)25-22(26)15-10-12-17(13-11-15)24-23(27)21-14-16-6-2-4-8-19(16)29-21/h2-13,21H,14H2,1H3,(H,24,27)(H,25,26). The predicted octanol–water partition coefficient (Wildman–Crippen LogP) is 3.89. The Morgan fingerprint density at radius 2 is 1.66 bits per heavy atom. The molecule has 0 radical (unpaired) electrons. The minimum Gasteiger partial charge on any atom is -0.495 e. The minimum absolute atomic E-state index is 0.215. The number of benzene rings is 3. The fourth-order valence-corrected chi connectivity index (χ4v) is 3.20. The Balaban J connectivity index is 1.38. The summed E-state index contributed by atoms with van der Waals surface area (Å²) in [5.74, 6) is 0.854. The molecule has 2 N–H and O–H groups in total. The fourth-order valence-electron chi connectivity index (χ4n) is 3.20. The lowest BCUT2D eigenvalue weighted by molar-refractivity contribution is -0.122. The smallest absolute Gasteiger partial charge is 0.265 e. The van der Waals surface area contributed by atoms with Crippen molar-refractivity contribution in [3.05, 3.63) is 83.9 Å². The van der Waals surface area contributed by atoms with Gasteiger partial charge in [-0.05, 0) is 48.0 Å². The molecule has 1 aliphatic rings. The summed E-state index contributed by atoms with van der Waals surface area (Å²) < 4.78 is 10.9. The second kappa shape index (κ2) is 8.06. The zero-order valence-electron chi connectivity index (χ0n) is 15.8. The van der Waals surface area contributed by atoms with Crippen LogP contribution < -0.4 is 20.1 Å². The van der Waals surface area contributed by atoms with Crippen LogP contribution in [-0.2, 0) is 11.2 Å². The molecule has 6 heteroatoms. The number of anilines is 2. The molecule has 0 aromatic heterocycles. The number of carbonyl (C=O) groups excluding carboxylic acids is 2. The number of para-hydroxylation sites is 3. The van der Waals surface area contributed by atoms with Crippen molar-refractivity contribution in [2.45, 2.75) is 12.5 Å². The lowest BCUT2D eigenvalue weighted by atomic mass is 10.1. The van der Waals surface area contributed by atoms with Gasteiger partial charge in [0.05, 0.1) is 12.8 Å². The molecule has 1 unspecified atom stereocenters. The molecular weight excluding hydrogens is 368 g/mol. The number of rotatable bonds is 5. The SMILES string of the molecule is COc1ccccc1NC(=O)c1ccc(NC(=O)C2Cc3ccccc3O2)cc1. The second-order valence-corrected chi connectivity index (χ2v) is 6.64. The van der Waals surface area contributed by atoms with Crippen LogP contribution in [0.1, 0.15) is 15.9 Å². The first kappa shape index (κ1) is 18.6. The molecule has 0 fully saturated rings. The summed E-state index contributed by atoms with van der Waals surface area (Å²) in [7, 11) is 1.55. The highest BCUT2D eigenvalue weighted by Crippen LogP contribution is 2.29. The summed E-state index contributed by atoms with van der Waals surface area (Å²) in [5.41, 5.74) is 2.69. The number of hydrogen-bond acceptors (Lipinski definition) is 4. The Kier molecular flexibility index (Phi) is 5.16. The van der Waals surface area contributed by atoms with E-state index in [1.165, 1.54) is 0 Å². The summed E-state index contributed by atoms with van der Waals surface area (Å²) in [5, 5.41) is 5.66. The van der Waals surface area contributed by atoms with Gasteiger partial charge in [-0.25, -0.2) is 0 Å². The molecule has 1 aliphatic heterocycles. The summed E-state index contributed by atoms with van der Waals surface area (Å²) in [6.45, 7) is 0. The summed E-state index contributed by atoms with van der Waals surface area (Å²) in [6.07, 6.45) is -0.0116. The number of nitrogens with one attached hydrogen (secondary N) is 2. The number of methoxy groups -OCH3 is 1. The van der Waals surface area contributed by atoms with E-state index in [1.54, 1.807) is 43.5 Å². The average molecular weight is 388 g/mol. The normalized spacial score (nSPS) is 14.4. The van der Waals surface area contributed by atoms with Crippen LogP contribution in [0.5, 0.6) is 11.5 Å². The predicted molar refractivity (Wildman–Crippen MR) is 111 cm³/mol. The van der Waals surface area contributed by atoms with Gasteiger partial charge in [0.2, 0.25) is 0 Å². The molecule has 4 rings (SSSR count). The third kappa shape index (κ3) is 4.06. The number of hydrogen-bond donors (Lipinski definition) is 2. The van der Waals surface area contributed by atoms with Crippen LogP contribution in [0.15, 0.2) is 72.8 Å². The van der Waals surface area contributed by atoms with Gasteiger partial charge >= 0.3 is 0 Å². The largest absolute Gasteiger partial charge is 0.495 e. The van der Waals surface area contributed by atoms with E-state index in [1.807, 2.05) is 36.4 Å². The third-order valence-electron chi connectivity index (χ3n) is 4.71.